The van der Waals surface area contributed by atoms with Gasteiger partial charge in [0.15, 0.2) is 0 Å². The lowest BCUT2D eigenvalue weighted by atomic mass is 10.0. The monoisotopic (exact) mass is 490 g/mol. The maximum atomic E-state index is 13.8. The van der Waals surface area contributed by atoms with Gasteiger partial charge in [0.05, 0.1) is 11.3 Å². The van der Waals surface area contributed by atoms with E-state index in [0.29, 0.717) is 16.9 Å². The molecule has 4 rings (SSSR count). The number of hydrogen-bond donors (Lipinski definition) is 5. The second-order valence-electron chi connectivity index (χ2n) is 8.84. The number of carbonyl (C=O) groups is 1. The molecule has 0 bridgehead atoms. The quantitative estimate of drug-likeness (QED) is 0.270. The number of nitrogens with zero attached hydrogens (tertiary/aromatic N) is 2. The number of hydrogen-bond acceptors (Lipinski definition) is 6. The Labute approximate surface area is 200 Å². The second-order valence-corrected chi connectivity index (χ2v) is 8.84. The lowest BCUT2D eigenvalue weighted by Crippen LogP contribution is -2.29. The maximum absolute atomic E-state index is 13.8. The number of fused-ring (bicyclic) bond motifs is 1. The van der Waals surface area contributed by atoms with Gasteiger partial charge in [0.25, 0.3) is 0 Å². The first-order valence-corrected chi connectivity index (χ1v) is 11.7. The van der Waals surface area contributed by atoms with Crippen LogP contribution in [0.15, 0.2) is 30.6 Å². The van der Waals surface area contributed by atoms with Gasteiger partial charge in [-0.25, -0.2) is 14.8 Å². The largest absolute Gasteiger partial charge is 0.478 e. The predicted molar refractivity (Wildman–Crippen MR) is 127 cm³/mol. The van der Waals surface area contributed by atoms with E-state index in [9.17, 15) is 23.1 Å². The Balaban J connectivity index is 1.53. The summed E-state index contributed by atoms with van der Waals surface area (Å²) in [7, 11) is 1.93. The number of H-pyrrole nitrogens is 1. The highest BCUT2D eigenvalue weighted by Gasteiger charge is 2.36. The molecule has 3 aromatic rings. The van der Waals surface area contributed by atoms with E-state index in [-0.39, 0.29) is 28.8 Å². The minimum absolute atomic E-state index is 0.0402. The van der Waals surface area contributed by atoms with E-state index in [1.54, 1.807) is 0 Å². The average Bonchev–Trinajstić information content (AvgIpc) is 3.44. The highest BCUT2D eigenvalue weighted by Crippen LogP contribution is 2.39. The van der Waals surface area contributed by atoms with Crippen molar-refractivity contribution in [2.24, 2.45) is 0 Å². The van der Waals surface area contributed by atoms with E-state index in [1.165, 1.54) is 24.4 Å². The highest BCUT2D eigenvalue weighted by molar-refractivity contribution is 5.99. The van der Waals surface area contributed by atoms with E-state index in [2.05, 4.69) is 30.9 Å². The van der Waals surface area contributed by atoms with Gasteiger partial charge >= 0.3 is 12.1 Å². The summed E-state index contributed by atoms with van der Waals surface area (Å²) in [6.07, 6.45) is 2.46. The summed E-state index contributed by atoms with van der Waals surface area (Å²) in [4.78, 5) is 22.3. The van der Waals surface area contributed by atoms with Gasteiger partial charge in [0, 0.05) is 40.9 Å². The Morgan fingerprint density at radius 1 is 1.20 bits per heavy atom. The molecule has 1 aliphatic carbocycles. The number of unbranched alkanes of at least 4 members (excludes halogenated alkanes) is 1. The number of nitrogens with one attached hydrogen (secondary N) is 4. The van der Waals surface area contributed by atoms with Crippen LogP contribution in [0.2, 0.25) is 0 Å². The summed E-state index contributed by atoms with van der Waals surface area (Å²) in [6, 6.07) is 4.66. The first kappa shape index (κ1) is 24.9. The number of aromatic carboxylic acids is 1. The van der Waals surface area contributed by atoms with Gasteiger partial charge in [0.2, 0.25) is 5.95 Å². The second kappa shape index (κ2) is 10.6. The number of halogens is 3. The van der Waals surface area contributed by atoms with E-state index in [4.69, 9.17) is 0 Å². The van der Waals surface area contributed by atoms with Crippen molar-refractivity contribution in [3.63, 3.8) is 0 Å². The van der Waals surface area contributed by atoms with Gasteiger partial charge in [-0.2, -0.15) is 13.2 Å². The molecule has 8 nitrogen and oxygen atoms in total. The summed E-state index contributed by atoms with van der Waals surface area (Å²) in [5.74, 6) is -0.973. The summed E-state index contributed by atoms with van der Waals surface area (Å²) < 4.78 is 41.4. The van der Waals surface area contributed by atoms with Crippen LogP contribution in [-0.4, -0.2) is 58.2 Å². The first-order chi connectivity index (χ1) is 16.8. The third-order valence-electron chi connectivity index (χ3n) is 6.33. The van der Waals surface area contributed by atoms with Crippen LogP contribution in [0, 0.1) is 0 Å². The van der Waals surface area contributed by atoms with Crippen LogP contribution in [0.25, 0.3) is 22.2 Å². The molecule has 0 aliphatic heterocycles. The number of anilines is 1. The van der Waals surface area contributed by atoms with E-state index in [1.807, 2.05) is 7.05 Å². The zero-order chi connectivity index (χ0) is 25.0. The molecular formula is C24H29F3N6O2. The van der Waals surface area contributed by atoms with Crippen LogP contribution < -0.4 is 16.0 Å². The van der Waals surface area contributed by atoms with Crippen molar-refractivity contribution in [3.8, 4) is 11.3 Å². The molecule has 1 aliphatic rings. The maximum Gasteiger partial charge on any atom is 0.419 e. The predicted octanol–water partition coefficient (Wildman–Crippen LogP) is 4.26. The molecule has 0 unspecified atom stereocenters. The zero-order valence-electron chi connectivity index (χ0n) is 19.4. The lowest BCUT2D eigenvalue weighted by molar-refractivity contribution is -0.137. The molecule has 0 spiro atoms. The van der Waals surface area contributed by atoms with Gasteiger partial charge in [-0.3, -0.25) is 0 Å². The number of aromatic nitrogens is 3. The molecular weight excluding hydrogens is 461 g/mol. The lowest BCUT2D eigenvalue weighted by Gasteiger charge is -2.17. The van der Waals surface area contributed by atoms with Crippen molar-refractivity contribution in [1.29, 1.82) is 0 Å². The third kappa shape index (κ3) is 5.91. The Kier molecular flexibility index (Phi) is 7.56. The molecule has 0 saturated heterocycles. The molecule has 0 amide bonds. The third-order valence-corrected chi connectivity index (χ3v) is 6.33. The van der Waals surface area contributed by atoms with Gasteiger partial charge in [-0.1, -0.05) is 6.07 Å². The SMILES string of the molecule is CNCCCCN[C@H]1CC[C@H](Nc2ncc(C(F)(F)F)c(-c3c[nH]c4cc(C(=O)O)ccc34)n2)C1. The van der Waals surface area contributed by atoms with Gasteiger partial charge in [0.1, 0.15) is 5.56 Å². The van der Waals surface area contributed by atoms with Gasteiger partial charge < -0.3 is 26.0 Å². The summed E-state index contributed by atoms with van der Waals surface area (Å²) >= 11 is 0. The summed E-state index contributed by atoms with van der Waals surface area (Å²) in [5, 5.41) is 19.5. The topological polar surface area (TPSA) is 115 Å². The number of alkyl halides is 3. The molecule has 1 saturated carbocycles. The molecule has 2 aromatic heterocycles. The Bertz CT molecular complexity index is 1180. The zero-order valence-corrected chi connectivity index (χ0v) is 19.4. The van der Waals surface area contributed by atoms with Crippen molar-refractivity contribution in [3.05, 3.63) is 41.7 Å². The molecule has 5 N–H and O–H groups in total. The van der Waals surface area contributed by atoms with Crippen LogP contribution in [-0.2, 0) is 6.18 Å². The molecule has 188 valence electrons. The van der Waals surface area contributed by atoms with Crippen LogP contribution in [0.4, 0.5) is 19.1 Å². The Morgan fingerprint density at radius 3 is 2.71 bits per heavy atom. The number of benzene rings is 1. The van der Waals surface area contributed by atoms with E-state index < -0.39 is 17.7 Å². The van der Waals surface area contributed by atoms with Crippen molar-refractivity contribution < 1.29 is 23.1 Å². The molecule has 2 heterocycles. The fourth-order valence-corrected chi connectivity index (χ4v) is 4.53. The molecule has 0 radical (unpaired) electrons. The van der Waals surface area contributed by atoms with Crippen LogP contribution >= 0.6 is 0 Å². The first-order valence-electron chi connectivity index (χ1n) is 11.7. The smallest absolute Gasteiger partial charge is 0.419 e. The van der Waals surface area contributed by atoms with Crippen molar-refractivity contribution in [2.75, 3.05) is 25.5 Å². The fourth-order valence-electron chi connectivity index (χ4n) is 4.53. The van der Waals surface area contributed by atoms with E-state index >= 15 is 0 Å². The minimum atomic E-state index is -4.64. The van der Waals surface area contributed by atoms with Crippen LogP contribution in [0.1, 0.15) is 48.0 Å². The van der Waals surface area contributed by atoms with Crippen LogP contribution in [0.5, 0.6) is 0 Å². The standard InChI is InChI=1S/C24H29F3N6O2/c1-28-8-2-3-9-29-15-5-6-16(11-15)32-23-31-13-19(24(25,26)27)21(33-23)18-12-30-20-10-14(22(34)35)4-7-17(18)20/h4,7,10,12-13,15-16,28-30H,2-3,5-6,8-9,11H2,1H3,(H,34,35)(H,31,32,33)/t15-,16-/m0/s1. The molecule has 11 heteroatoms. The molecule has 1 aromatic carbocycles. The van der Waals surface area contributed by atoms with Gasteiger partial charge in [-0.15, -0.1) is 0 Å². The normalized spacial score (nSPS) is 18.3. The fraction of sp³-hybridized carbons (Fsp3) is 0.458. The number of carboxylic acid groups (broad SMARTS) is 1. The highest BCUT2D eigenvalue weighted by atomic mass is 19.4. The minimum Gasteiger partial charge on any atom is -0.478 e. The van der Waals surface area contributed by atoms with Crippen molar-refractivity contribution in [1.82, 2.24) is 25.6 Å². The van der Waals surface area contributed by atoms with Crippen molar-refractivity contribution >= 4 is 22.8 Å². The summed E-state index contributed by atoms with van der Waals surface area (Å²) in [5.41, 5.74) is -0.499. The number of carboxylic acids is 1. The molecule has 35 heavy (non-hydrogen) atoms. The number of aromatic amines is 1. The molecule has 1 fully saturated rings. The van der Waals surface area contributed by atoms with E-state index in [0.717, 1.165) is 51.4 Å². The molecule has 2 atom stereocenters. The van der Waals surface area contributed by atoms with Gasteiger partial charge in [-0.05, 0) is 64.4 Å². The summed E-state index contributed by atoms with van der Waals surface area (Å²) in [6.45, 7) is 1.92. The average molecular weight is 491 g/mol. The van der Waals surface area contributed by atoms with Crippen molar-refractivity contribution in [2.45, 2.75) is 50.4 Å². The number of rotatable bonds is 10. The Hall–Kier alpha value is -3.18. The van der Waals surface area contributed by atoms with Crippen LogP contribution in [0.3, 0.4) is 0 Å². The Morgan fingerprint density at radius 2 is 1.97 bits per heavy atom.